The van der Waals surface area contributed by atoms with Gasteiger partial charge >= 0.3 is 58.9 Å². The summed E-state index contributed by atoms with van der Waals surface area (Å²) >= 11 is 0. The SMILES string of the molecule is FB(F)F.[CH2-]CCCC.[K+]. The van der Waals surface area contributed by atoms with E-state index < -0.39 is 7.54 Å². The molecule has 0 aromatic rings. The van der Waals surface area contributed by atoms with E-state index in [2.05, 4.69) is 13.8 Å². The Labute approximate surface area is 104 Å². The predicted octanol–water partition coefficient (Wildman–Crippen LogP) is -0.106. The summed E-state index contributed by atoms with van der Waals surface area (Å²) in [6, 6.07) is 0. The molecule has 0 spiro atoms. The summed E-state index contributed by atoms with van der Waals surface area (Å²) in [7, 11) is -3.67. The van der Waals surface area contributed by atoms with Crippen molar-refractivity contribution in [2.75, 3.05) is 0 Å². The maximum atomic E-state index is 9.67. The van der Waals surface area contributed by atoms with Gasteiger partial charge in [0.1, 0.15) is 0 Å². The van der Waals surface area contributed by atoms with Crippen LogP contribution in [0.3, 0.4) is 0 Å². The van der Waals surface area contributed by atoms with Crippen LogP contribution in [-0.2, 0) is 0 Å². The first kappa shape index (κ1) is 17.5. The van der Waals surface area contributed by atoms with Crippen LogP contribution in [0, 0.1) is 6.92 Å². The predicted molar refractivity (Wildman–Crippen MR) is 34.0 cm³/mol. The molecule has 0 bridgehead atoms. The first-order valence-electron chi connectivity index (χ1n) is 2.86. The van der Waals surface area contributed by atoms with E-state index >= 15 is 0 Å². The molecule has 0 saturated heterocycles. The van der Waals surface area contributed by atoms with Gasteiger partial charge in [-0.15, -0.1) is 0 Å². The van der Waals surface area contributed by atoms with E-state index in [9.17, 15) is 12.9 Å². The van der Waals surface area contributed by atoms with Gasteiger partial charge in [-0.2, -0.15) is 6.42 Å². The molecule has 0 atom stereocenters. The average molecular weight is 178 g/mol. The maximum absolute atomic E-state index is 9.67. The fourth-order valence-corrected chi connectivity index (χ4v) is 0.250. The fraction of sp³-hybridized carbons (Fsp3) is 0.800. The van der Waals surface area contributed by atoms with Crippen LogP contribution in [-0.4, -0.2) is 7.54 Å². The summed E-state index contributed by atoms with van der Waals surface area (Å²) in [5.41, 5.74) is 0. The van der Waals surface area contributed by atoms with Crippen LogP contribution in [0.15, 0.2) is 0 Å². The van der Waals surface area contributed by atoms with Crippen molar-refractivity contribution in [2.24, 2.45) is 0 Å². The Bertz CT molecular complexity index is 41.1. The normalized spacial score (nSPS) is 6.90. The van der Waals surface area contributed by atoms with Gasteiger partial charge in [0.15, 0.2) is 0 Å². The van der Waals surface area contributed by atoms with Crippen LogP contribution in [0.2, 0.25) is 0 Å². The molecular weight excluding hydrogens is 167 g/mol. The molecule has 0 aliphatic rings. The van der Waals surface area contributed by atoms with E-state index in [0.717, 1.165) is 6.42 Å². The van der Waals surface area contributed by atoms with Gasteiger partial charge in [-0.3, -0.25) is 12.9 Å². The van der Waals surface area contributed by atoms with Gasteiger partial charge in [0.2, 0.25) is 0 Å². The zero-order chi connectivity index (χ0) is 7.70. The van der Waals surface area contributed by atoms with Crippen LogP contribution in [0.4, 0.5) is 12.9 Å². The monoisotopic (exact) mass is 178 g/mol. The van der Waals surface area contributed by atoms with Crippen molar-refractivity contribution in [3.63, 3.8) is 0 Å². The molecule has 56 valence electrons. The Morgan fingerprint density at radius 1 is 1.30 bits per heavy atom. The molecule has 0 saturated carbocycles. The van der Waals surface area contributed by atoms with Gasteiger partial charge in [-0.1, -0.05) is 19.8 Å². The molecule has 0 unspecified atom stereocenters. The second-order valence-electron chi connectivity index (χ2n) is 1.45. The van der Waals surface area contributed by atoms with E-state index in [1.165, 1.54) is 12.8 Å². The van der Waals surface area contributed by atoms with E-state index in [4.69, 9.17) is 0 Å². The Balaban J connectivity index is -0.0000000910. The van der Waals surface area contributed by atoms with Crippen molar-refractivity contribution >= 4 is 7.54 Å². The molecule has 0 amide bonds. The molecule has 0 aromatic carbocycles. The molecule has 0 N–H and O–H groups in total. The number of halogens is 3. The first-order chi connectivity index (χ1) is 4.15. The van der Waals surface area contributed by atoms with Crippen molar-refractivity contribution in [1.82, 2.24) is 0 Å². The molecule has 0 aromatic heterocycles. The number of hydrogen-bond acceptors (Lipinski definition) is 0. The van der Waals surface area contributed by atoms with Gasteiger partial charge in [0.05, 0.1) is 0 Å². The van der Waals surface area contributed by atoms with Crippen LogP contribution >= 0.6 is 0 Å². The molecule has 0 radical (unpaired) electrons. The van der Waals surface area contributed by atoms with Crippen molar-refractivity contribution in [2.45, 2.75) is 26.2 Å². The summed E-state index contributed by atoms with van der Waals surface area (Å²) in [4.78, 5) is 0. The minimum Gasteiger partial charge on any atom is -0.343 e. The summed E-state index contributed by atoms with van der Waals surface area (Å²) in [6.07, 6.45) is 3.65. The summed E-state index contributed by atoms with van der Waals surface area (Å²) < 4.78 is 29.0. The van der Waals surface area contributed by atoms with Crippen molar-refractivity contribution in [1.29, 1.82) is 0 Å². The summed E-state index contributed by atoms with van der Waals surface area (Å²) in [5, 5.41) is 0. The zero-order valence-corrected chi connectivity index (χ0v) is 9.66. The smallest absolute Gasteiger partial charge is 0.343 e. The molecule has 0 rings (SSSR count). The van der Waals surface area contributed by atoms with E-state index in [1.54, 1.807) is 0 Å². The van der Waals surface area contributed by atoms with Crippen molar-refractivity contribution < 1.29 is 64.3 Å². The van der Waals surface area contributed by atoms with Crippen LogP contribution < -0.4 is 51.4 Å². The zero-order valence-electron chi connectivity index (χ0n) is 6.54. The Morgan fingerprint density at radius 2 is 1.60 bits per heavy atom. The first-order valence-corrected chi connectivity index (χ1v) is 2.86. The third-order valence-corrected chi connectivity index (χ3v) is 0.604. The minimum atomic E-state index is -3.67. The van der Waals surface area contributed by atoms with E-state index in [0.29, 0.717) is 0 Å². The number of unbranched alkanes of at least 4 members (excludes halogenated alkanes) is 2. The molecule has 0 fully saturated rings. The van der Waals surface area contributed by atoms with Gasteiger partial charge in [-0.05, 0) is 0 Å². The number of rotatable bonds is 2. The van der Waals surface area contributed by atoms with Crippen LogP contribution in [0.25, 0.3) is 0 Å². The topological polar surface area (TPSA) is 0 Å². The molecule has 0 nitrogen and oxygen atoms in total. The summed E-state index contributed by atoms with van der Waals surface area (Å²) in [5.74, 6) is 0. The molecule has 0 aliphatic heterocycles. The molecule has 0 heterocycles. The third-order valence-electron chi connectivity index (χ3n) is 0.604. The molecule has 5 heteroatoms. The largest absolute Gasteiger partial charge is 1.00 e. The van der Waals surface area contributed by atoms with Crippen molar-refractivity contribution in [3.8, 4) is 0 Å². The average Bonchev–Trinajstić information content (AvgIpc) is 1.66. The Morgan fingerprint density at radius 3 is 1.60 bits per heavy atom. The third kappa shape index (κ3) is 56.1. The minimum absolute atomic E-state index is 0. The van der Waals surface area contributed by atoms with Gasteiger partial charge in [0.25, 0.3) is 0 Å². The summed E-state index contributed by atoms with van der Waals surface area (Å²) in [6.45, 7) is 5.85. The second-order valence-corrected chi connectivity index (χ2v) is 1.45. The second kappa shape index (κ2) is 16.8. The molecule has 10 heavy (non-hydrogen) atoms. The van der Waals surface area contributed by atoms with E-state index in [1.807, 2.05) is 0 Å². The maximum Gasteiger partial charge on any atom is 1.00 e. The number of hydrogen-bond donors (Lipinski definition) is 0. The molecular formula is C5H11BF3K. The molecule has 0 aliphatic carbocycles. The quantitative estimate of drug-likeness (QED) is 0.409. The standard InChI is InChI=1S/C5H11.BF3.K/c1-3-5-4-2;2-1(3)4;/h1,3-5H2,2H3;;/q-1;;+1. The van der Waals surface area contributed by atoms with E-state index in [-0.39, 0.29) is 51.4 Å². The van der Waals surface area contributed by atoms with Gasteiger partial charge in [0, 0.05) is 0 Å². The Kier molecular flexibility index (Phi) is 29.5. The Hall–Kier alpha value is 1.49. The van der Waals surface area contributed by atoms with Gasteiger partial charge in [-0.25, -0.2) is 0 Å². The van der Waals surface area contributed by atoms with Crippen molar-refractivity contribution in [3.05, 3.63) is 6.92 Å². The fourth-order valence-electron chi connectivity index (χ4n) is 0.250. The van der Waals surface area contributed by atoms with Crippen LogP contribution in [0.1, 0.15) is 26.2 Å². The van der Waals surface area contributed by atoms with Crippen LogP contribution in [0.5, 0.6) is 0 Å². The van der Waals surface area contributed by atoms with Gasteiger partial charge < -0.3 is 6.92 Å².